The maximum absolute atomic E-state index is 12.2. The first-order chi connectivity index (χ1) is 11.1. The molecule has 1 aliphatic heterocycles. The number of benzene rings is 1. The number of amides is 2. The molecule has 0 atom stereocenters. The molecule has 2 N–H and O–H groups in total. The lowest BCUT2D eigenvalue weighted by Crippen LogP contribution is -2.47. The average Bonchev–Trinajstić information content (AvgIpc) is 2.55. The molecule has 0 radical (unpaired) electrons. The molecule has 1 aromatic rings. The first kappa shape index (κ1) is 18.2. The molecule has 0 spiro atoms. The fourth-order valence-corrected chi connectivity index (χ4v) is 2.99. The highest BCUT2D eigenvalue weighted by Gasteiger charge is 2.22. The van der Waals surface area contributed by atoms with Crippen molar-refractivity contribution >= 4 is 34.4 Å². The van der Waals surface area contributed by atoms with E-state index in [4.69, 9.17) is 0 Å². The fraction of sp³-hybridized carbons (Fsp3) is 0.529. The Hall–Kier alpha value is -1.15. The van der Waals surface area contributed by atoms with Gasteiger partial charge in [-0.1, -0.05) is 6.92 Å². The van der Waals surface area contributed by atoms with Crippen molar-refractivity contribution < 1.29 is 9.59 Å². The molecular weight excluding hydrogens is 405 g/mol. The topological polar surface area (TPSA) is 61.4 Å². The van der Waals surface area contributed by atoms with Gasteiger partial charge in [0.15, 0.2) is 0 Å². The van der Waals surface area contributed by atoms with Crippen molar-refractivity contribution in [2.45, 2.75) is 32.2 Å². The summed E-state index contributed by atoms with van der Waals surface area (Å²) in [5.41, 5.74) is 0.701. The molecule has 0 unspecified atom stereocenters. The number of hydrogen-bond donors (Lipinski definition) is 2. The van der Waals surface area contributed by atoms with E-state index < -0.39 is 0 Å². The van der Waals surface area contributed by atoms with E-state index in [2.05, 4.69) is 38.1 Å². The van der Waals surface area contributed by atoms with Gasteiger partial charge in [0.1, 0.15) is 0 Å². The fourth-order valence-electron chi connectivity index (χ4n) is 2.63. The lowest BCUT2D eigenvalue weighted by Gasteiger charge is -2.31. The van der Waals surface area contributed by atoms with Crippen molar-refractivity contribution in [1.29, 1.82) is 0 Å². The highest BCUT2D eigenvalue weighted by atomic mass is 127. The lowest BCUT2D eigenvalue weighted by molar-refractivity contribution is -0.122. The molecule has 1 fully saturated rings. The maximum Gasteiger partial charge on any atom is 0.251 e. The van der Waals surface area contributed by atoms with Gasteiger partial charge in [-0.15, -0.1) is 0 Å². The van der Waals surface area contributed by atoms with Crippen LogP contribution in [0.25, 0.3) is 0 Å². The van der Waals surface area contributed by atoms with E-state index in [1.165, 1.54) is 0 Å². The van der Waals surface area contributed by atoms with Crippen LogP contribution in [0.1, 0.15) is 36.5 Å². The molecule has 126 valence electrons. The van der Waals surface area contributed by atoms with Gasteiger partial charge in [-0.3, -0.25) is 14.5 Å². The Kier molecular flexibility index (Phi) is 7.29. The van der Waals surface area contributed by atoms with Gasteiger partial charge in [-0.2, -0.15) is 0 Å². The van der Waals surface area contributed by atoms with Crippen LogP contribution in [-0.4, -0.2) is 48.9 Å². The highest BCUT2D eigenvalue weighted by Crippen LogP contribution is 2.12. The molecule has 1 aliphatic rings. The molecule has 23 heavy (non-hydrogen) atoms. The van der Waals surface area contributed by atoms with Crippen molar-refractivity contribution in [3.8, 4) is 0 Å². The van der Waals surface area contributed by atoms with E-state index in [0.717, 1.165) is 42.5 Å². The zero-order valence-electron chi connectivity index (χ0n) is 13.5. The quantitative estimate of drug-likeness (QED) is 0.681. The summed E-state index contributed by atoms with van der Waals surface area (Å²) >= 11 is 2.23. The molecule has 0 bridgehead atoms. The van der Waals surface area contributed by atoms with Gasteiger partial charge in [0, 0.05) is 34.8 Å². The van der Waals surface area contributed by atoms with E-state index in [1.807, 2.05) is 31.2 Å². The van der Waals surface area contributed by atoms with Crippen LogP contribution in [0, 0.1) is 3.57 Å². The number of rotatable bonds is 6. The Morgan fingerprint density at radius 3 is 2.48 bits per heavy atom. The number of hydrogen-bond acceptors (Lipinski definition) is 3. The van der Waals surface area contributed by atoms with Crippen LogP contribution in [0.2, 0.25) is 0 Å². The molecule has 6 heteroatoms. The van der Waals surface area contributed by atoms with Gasteiger partial charge in [0.2, 0.25) is 5.91 Å². The molecule has 0 saturated carbocycles. The van der Waals surface area contributed by atoms with Crippen LogP contribution >= 0.6 is 22.6 Å². The van der Waals surface area contributed by atoms with Gasteiger partial charge in [0.25, 0.3) is 5.91 Å². The summed E-state index contributed by atoms with van der Waals surface area (Å²) in [5.74, 6) is 0.0776. The van der Waals surface area contributed by atoms with Crippen LogP contribution in [0.3, 0.4) is 0 Å². The molecule has 1 heterocycles. The minimum atomic E-state index is -0.0134. The van der Waals surface area contributed by atoms with E-state index in [1.54, 1.807) is 0 Å². The number of halogens is 1. The second-order valence-corrected chi connectivity index (χ2v) is 7.13. The van der Waals surface area contributed by atoms with Crippen LogP contribution in [-0.2, 0) is 4.79 Å². The number of carbonyl (C=O) groups is 2. The molecule has 1 aromatic carbocycles. The summed E-state index contributed by atoms with van der Waals surface area (Å²) in [5, 5.41) is 5.99. The smallest absolute Gasteiger partial charge is 0.251 e. The maximum atomic E-state index is 12.2. The Balaban J connectivity index is 1.73. The third-order valence-corrected chi connectivity index (χ3v) is 4.69. The highest BCUT2D eigenvalue weighted by molar-refractivity contribution is 14.1. The number of piperidine rings is 1. The summed E-state index contributed by atoms with van der Waals surface area (Å²) in [6, 6.07) is 7.77. The first-order valence-corrected chi connectivity index (χ1v) is 9.22. The van der Waals surface area contributed by atoms with Crippen LogP contribution in [0.4, 0.5) is 0 Å². The third-order valence-electron chi connectivity index (χ3n) is 3.97. The van der Waals surface area contributed by atoms with Crippen LogP contribution in [0.5, 0.6) is 0 Å². The van der Waals surface area contributed by atoms with E-state index in [9.17, 15) is 9.59 Å². The van der Waals surface area contributed by atoms with Crippen LogP contribution < -0.4 is 10.6 Å². The summed E-state index contributed by atoms with van der Waals surface area (Å²) < 4.78 is 1.12. The number of nitrogens with zero attached hydrogens (tertiary/aromatic N) is 1. The normalized spacial score (nSPS) is 16.1. The third kappa shape index (κ3) is 6.10. The van der Waals surface area contributed by atoms with E-state index >= 15 is 0 Å². The Morgan fingerprint density at radius 1 is 1.22 bits per heavy atom. The number of nitrogens with one attached hydrogen (secondary N) is 2. The van der Waals surface area contributed by atoms with Crippen molar-refractivity contribution in [2.75, 3.05) is 26.2 Å². The molecule has 2 amide bonds. The first-order valence-electron chi connectivity index (χ1n) is 8.14. The largest absolute Gasteiger partial charge is 0.355 e. The van der Waals surface area contributed by atoms with Crippen LogP contribution in [0.15, 0.2) is 24.3 Å². The summed E-state index contributed by atoms with van der Waals surface area (Å²) in [6.07, 6.45) is 2.73. The van der Waals surface area contributed by atoms with Crippen molar-refractivity contribution in [2.24, 2.45) is 0 Å². The zero-order valence-corrected chi connectivity index (χ0v) is 15.6. The van der Waals surface area contributed by atoms with Gasteiger partial charge in [-0.25, -0.2) is 0 Å². The Morgan fingerprint density at radius 2 is 1.87 bits per heavy atom. The molecule has 5 nitrogen and oxygen atoms in total. The van der Waals surface area contributed by atoms with Crippen molar-refractivity contribution in [1.82, 2.24) is 15.5 Å². The van der Waals surface area contributed by atoms with Crippen molar-refractivity contribution in [3.63, 3.8) is 0 Å². The van der Waals surface area contributed by atoms with Gasteiger partial charge >= 0.3 is 0 Å². The van der Waals surface area contributed by atoms with Gasteiger partial charge in [-0.05, 0) is 66.1 Å². The summed E-state index contributed by atoms with van der Waals surface area (Å²) in [4.78, 5) is 26.1. The number of carbonyl (C=O) groups excluding carboxylic acids is 2. The van der Waals surface area contributed by atoms with E-state index in [0.29, 0.717) is 12.1 Å². The molecule has 1 saturated heterocycles. The minimum absolute atomic E-state index is 0.0134. The molecule has 2 rings (SSSR count). The van der Waals surface area contributed by atoms with Crippen molar-refractivity contribution in [3.05, 3.63) is 33.4 Å². The number of likely N-dealkylation sites (tertiary alicyclic amines) is 1. The lowest BCUT2D eigenvalue weighted by atomic mass is 10.0. The summed E-state index contributed by atoms with van der Waals surface area (Å²) in [6.45, 7) is 4.93. The summed E-state index contributed by atoms with van der Waals surface area (Å²) in [7, 11) is 0. The second kappa shape index (κ2) is 9.22. The predicted octanol–water partition coefficient (Wildman–Crippen LogP) is 2.01. The average molecular weight is 429 g/mol. The Labute approximate surface area is 151 Å². The van der Waals surface area contributed by atoms with E-state index in [-0.39, 0.29) is 17.9 Å². The Bertz CT molecular complexity index is 525. The SMILES string of the molecule is CCCNC(=O)CN1CCC(NC(=O)c2ccc(I)cc2)CC1. The predicted molar refractivity (Wildman–Crippen MR) is 99.4 cm³/mol. The second-order valence-electron chi connectivity index (χ2n) is 5.88. The van der Waals surface area contributed by atoms with Gasteiger partial charge < -0.3 is 10.6 Å². The molecule has 0 aromatic heterocycles. The monoisotopic (exact) mass is 429 g/mol. The zero-order chi connectivity index (χ0) is 16.7. The minimum Gasteiger partial charge on any atom is -0.355 e. The molecular formula is C17H24IN3O2. The molecule has 0 aliphatic carbocycles. The van der Waals surface area contributed by atoms with Gasteiger partial charge in [0.05, 0.1) is 6.54 Å². The standard InChI is InChI=1S/C17H24IN3O2/c1-2-9-19-16(22)12-21-10-7-15(8-11-21)20-17(23)13-3-5-14(18)6-4-13/h3-6,15H,2,7-12H2,1H3,(H,19,22)(H,20,23).